The zero-order valence-electron chi connectivity index (χ0n) is 15.8. The number of hydrogen-bond donors (Lipinski definition) is 2. The topological polar surface area (TPSA) is 68.2 Å². The molecule has 0 aliphatic heterocycles. The van der Waals surface area contributed by atoms with Crippen molar-refractivity contribution in [1.29, 1.82) is 0 Å². The number of hydrogen-bond acceptors (Lipinski definition) is 4. The van der Waals surface area contributed by atoms with Gasteiger partial charge in [-0.05, 0) is 56.8 Å². The predicted octanol–water partition coefficient (Wildman–Crippen LogP) is 4.30. The zero-order chi connectivity index (χ0) is 16.9. The molecule has 3 N–H and O–H groups in total. The molecule has 0 radical (unpaired) electrons. The van der Waals surface area contributed by atoms with Crippen molar-refractivity contribution in [2.24, 2.45) is 11.1 Å². The molecule has 0 saturated heterocycles. The third-order valence-electron chi connectivity index (χ3n) is 6.89. The number of halogens is 2. The Morgan fingerprint density at radius 2 is 1.93 bits per heavy atom. The SMILES string of the molecule is Cl.Cl.N[C@H]1CC[C@H](Nc2c3c(nc4ccnn24)CC2(CCCCC2)CC3)C1. The van der Waals surface area contributed by atoms with Crippen molar-refractivity contribution in [3.63, 3.8) is 0 Å². The minimum Gasteiger partial charge on any atom is -0.367 e. The first kappa shape index (κ1) is 20.7. The van der Waals surface area contributed by atoms with E-state index in [1.54, 1.807) is 0 Å². The summed E-state index contributed by atoms with van der Waals surface area (Å²) in [5.41, 5.74) is 10.4. The van der Waals surface area contributed by atoms with Crippen molar-refractivity contribution < 1.29 is 0 Å². The summed E-state index contributed by atoms with van der Waals surface area (Å²) in [6.45, 7) is 0. The molecule has 0 bridgehead atoms. The highest BCUT2D eigenvalue weighted by Gasteiger charge is 2.38. The summed E-state index contributed by atoms with van der Waals surface area (Å²) in [6.07, 6.45) is 15.8. The molecule has 2 fully saturated rings. The maximum Gasteiger partial charge on any atom is 0.157 e. The Morgan fingerprint density at radius 1 is 1.11 bits per heavy atom. The minimum absolute atomic E-state index is 0. The van der Waals surface area contributed by atoms with Crippen LogP contribution < -0.4 is 11.1 Å². The molecule has 27 heavy (non-hydrogen) atoms. The highest BCUT2D eigenvalue weighted by molar-refractivity contribution is 5.85. The third kappa shape index (κ3) is 3.79. The summed E-state index contributed by atoms with van der Waals surface area (Å²) < 4.78 is 2.02. The van der Waals surface area contributed by atoms with Gasteiger partial charge in [-0.1, -0.05) is 19.3 Å². The van der Waals surface area contributed by atoms with E-state index in [-0.39, 0.29) is 24.8 Å². The molecule has 2 heterocycles. The molecule has 0 unspecified atom stereocenters. The largest absolute Gasteiger partial charge is 0.367 e. The lowest BCUT2D eigenvalue weighted by Gasteiger charge is -2.41. The molecular formula is C20H31Cl2N5. The lowest BCUT2D eigenvalue weighted by atomic mass is 9.65. The fourth-order valence-corrected chi connectivity index (χ4v) is 5.48. The molecule has 2 atom stereocenters. The normalized spacial score (nSPS) is 26.3. The van der Waals surface area contributed by atoms with Gasteiger partial charge in [0.05, 0.1) is 11.9 Å². The van der Waals surface area contributed by atoms with E-state index in [0.29, 0.717) is 17.5 Å². The van der Waals surface area contributed by atoms with Crippen LogP contribution >= 0.6 is 24.8 Å². The van der Waals surface area contributed by atoms with E-state index in [2.05, 4.69) is 10.4 Å². The number of anilines is 1. The number of rotatable bonds is 2. The van der Waals surface area contributed by atoms with Gasteiger partial charge in [0.1, 0.15) is 5.82 Å². The highest BCUT2D eigenvalue weighted by Crippen LogP contribution is 2.47. The maximum absolute atomic E-state index is 6.13. The molecule has 2 aromatic heterocycles. The molecule has 150 valence electrons. The fourth-order valence-electron chi connectivity index (χ4n) is 5.48. The smallest absolute Gasteiger partial charge is 0.157 e. The Morgan fingerprint density at radius 3 is 2.67 bits per heavy atom. The Balaban J connectivity index is 0.00000105. The van der Waals surface area contributed by atoms with Crippen LogP contribution in [0.25, 0.3) is 5.65 Å². The van der Waals surface area contributed by atoms with E-state index >= 15 is 0 Å². The van der Waals surface area contributed by atoms with Gasteiger partial charge in [0, 0.05) is 23.7 Å². The van der Waals surface area contributed by atoms with Gasteiger partial charge in [0.2, 0.25) is 0 Å². The molecule has 0 amide bonds. The summed E-state index contributed by atoms with van der Waals surface area (Å²) in [4.78, 5) is 5.01. The van der Waals surface area contributed by atoms with Crippen molar-refractivity contribution in [1.82, 2.24) is 14.6 Å². The van der Waals surface area contributed by atoms with Gasteiger partial charge in [-0.25, -0.2) is 4.98 Å². The van der Waals surface area contributed by atoms with Crippen LogP contribution in [0.2, 0.25) is 0 Å². The van der Waals surface area contributed by atoms with Crippen LogP contribution in [0.3, 0.4) is 0 Å². The van der Waals surface area contributed by atoms with Gasteiger partial charge < -0.3 is 11.1 Å². The average Bonchev–Trinajstić information content (AvgIpc) is 3.24. The second-order valence-corrected chi connectivity index (χ2v) is 8.64. The monoisotopic (exact) mass is 411 g/mol. The first-order chi connectivity index (χ1) is 12.2. The Kier molecular flexibility index (Phi) is 6.24. The quantitative estimate of drug-likeness (QED) is 0.772. The van der Waals surface area contributed by atoms with Gasteiger partial charge in [-0.3, -0.25) is 0 Å². The van der Waals surface area contributed by atoms with E-state index in [0.717, 1.165) is 37.8 Å². The van der Waals surface area contributed by atoms with E-state index < -0.39 is 0 Å². The standard InChI is InChI=1S/C20H29N5.2ClH/c21-14-4-5-15(12-14)23-19-16-6-10-20(8-2-1-3-9-20)13-17(16)24-18-7-11-22-25(18)19;;/h7,11,14-15,23H,1-6,8-10,12-13,21H2;2*1H/t14-,15-;;/m0../s1. The van der Waals surface area contributed by atoms with E-state index in [1.807, 2.05) is 16.8 Å². The number of nitrogens with one attached hydrogen (secondary N) is 1. The van der Waals surface area contributed by atoms with E-state index in [4.69, 9.17) is 10.7 Å². The first-order valence-corrected chi connectivity index (χ1v) is 10.1. The Bertz CT molecular complexity index is 784. The summed E-state index contributed by atoms with van der Waals surface area (Å²) in [6, 6.07) is 2.85. The van der Waals surface area contributed by atoms with Gasteiger partial charge >= 0.3 is 0 Å². The van der Waals surface area contributed by atoms with Gasteiger partial charge in [-0.15, -0.1) is 24.8 Å². The third-order valence-corrected chi connectivity index (χ3v) is 6.89. The molecular weight excluding hydrogens is 381 g/mol. The molecule has 2 saturated carbocycles. The number of nitrogens with zero attached hydrogens (tertiary/aromatic N) is 3. The number of nitrogens with two attached hydrogens (primary N) is 1. The molecule has 7 heteroatoms. The van der Waals surface area contributed by atoms with Crippen LogP contribution in [-0.4, -0.2) is 26.7 Å². The second kappa shape index (κ2) is 8.14. The Hall–Kier alpha value is -1.04. The van der Waals surface area contributed by atoms with Crippen LogP contribution in [0.4, 0.5) is 5.82 Å². The number of aromatic nitrogens is 3. The molecule has 1 spiro atoms. The van der Waals surface area contributed by atoms with Crippen molar-refractivity contribution in [3.8, 4) is 0 Å². The summed E-state index contributed by atoms with van der Waals surface area (Å²) in [5.74, 6) is 1.19. The minimum atomic E-state index is 0. The lowest BCUT2D eigenvalue weighted by molar-refractivity contribution is 0.160. The summed E-state index contributed by atoms with van der Waals surface area (Å²) >= 11 is 0. The Labute approximate surface area is 173 Å². The van der Waals surface area contributed by atoms with Crippen LogP contribution in [-0.2, 0) is 12.8 Å². The zero-order valence-corrected chi connectivity index (χ0v) is 17.5. The molecule has 5 rings (SSSR count). The highest BCUT2D eigenvalue weighted by atomic mass is 35.5. The van der Waals surface area contributed by atoms with E-state index in [1.165, 1.54) is 55.6 Å². The molecule has 2 aromatic rings. The van der Waals surface area contributed by atoms with E-state index in [9.17, 15) is 0 Å². The average molecular weight is 412 g/mol. The van der Waals surface area contributed by atoms with Crippen LogP contribution in [0.1, 0.15) is 69.0 Å². The molecule has 3 aliphatic carbocycles. The molecule has 0 aromatic carbocycles. The van der Waals surface area contributed by atoms with Gasteiger partial charge in [0.25, 0.3) is 0 Å². The molecule has 3 aliphatic rings. The van der Waals surface area contributed by atoms with Crippen molar-refractivity contribution in [2.75, 3.05) is 5.32 Å². The predicted molar refractivity (Wildman–Crippen MR) is 114 cm³/mol. The maximum atomic E-state index is 6.13. The van der Waals surface area contributed by atoms with Crippen LogP contribution in [0.15, 0.2) is 12.3 Å². The second-order valence-electron chi connectivity index (χ2n) is 8.64. The molecule has 5 nitrogen and oxygen atoms in total. The summed E-state index contributed by atoms with van der Waals surface area (Å²) in [5, 5.41) is 8.35. The van der Waals surface area contributed by atoms with Crippen molar-refractivity contribution in [3.05, 3.63) is 23.5 Å². The van der Waals surface area contributed by atoms with Crippen LogP contribution in [0, 0.1) is 5.41 Å². The van der Waals surface area contributed by atoms with Gasteiger partial charge in [0.15, 0.2) is 5.65 Å². The van der Waals surface area contributed by atoms with Crippen molar-refractivity contribution in [2.45, 2.75) is 82.7 Å². The van der Waals surface area contributed by atoms with Crippen molar-refractivity contribution >= 4 is 36.3 Å². The van der Waals surface area contributed by atoms with Crippen LogP contribution in [0.5, 0.6) is 0 Å². The fraction of sp³-hybridized carbons (Fsp3) is 0.700. The van der Waals surface area contributed by atoms with Gasteiger partial charge in [-0.2, -0.15) is 9.61 Å². The number of fused-ring (bicyclic) bond motifs is 2. The summed E-state index contributed by atoms with van der Waals surface area (Å²) in [7, 11) is 0. The lowest BCUT2D eigenvalue weighted by Crippen LogP contribution is -2.33. The first-order valence-electron chi connectivity index (χ1n) is 10.1.